The summed E-state index contributed by atoms with van der Waals surface area (Å²) in [7, 11) is 0. The van der Waals surface area contributed by atoms with Crippen LogP contribution < -0.4 is 0 Å². The molecule has 1 aliphatic carbocycles. The van der Waals surface area contributed by atoms with Crippen molar-refractivity contribution in [2.24, 2.45) is 5.92 Å². The predicted molar refractivity (Wildman–Crippen MR) is 82.2 cm³/mol. The monoisotopic (exact) mass is 570 g/mol. The van der Waals surface area contributed by atoms with E-state index in [-0.39, 0.29) is 116 Å². The van der Waals surface area contributed by atoms with Gasteiger partial charge in [0.05, 0.1) is 17.8 Å². The van der Waals surface area contributed by atoms with E-state index in [0.29, 0.717) is 24.5 Å². The molecule has 1 aliphatic heterocycles. The van der Waals surface area contributed by atoms with Gasteiger partial charge in [0.25, 0.3) is 0 Å². The fourth-order valence-electron chi connectivity index (χ4n) is 3.49. The van der Waals surface area contributed by atoms with E-state index in [9.17, 15) is 4.79 Å². The third-order valence-corrected chi connectivity index (χ3v) is 4.22. The van der Waals surface area contributed by atoms with E-state index < -0.39 is 5.79 Å². The van der Waals surface area contributed by atoms with Crippen LogP contribution in [0.4, 0.5) is 0 Å². The number of carbonyl (C=O) groups is 1. The van der Waals surface area contributed by atoms with Crippen LogP contribution in [0.5, 0.6) is 0 Å². The van der Waals surface area contributed by atoms with Gasteiger partial charge in [-0.25, -0.2) is 4.79 Å². The van der Waals surface area contributed by atoms with Crippen molar-refractivity contribution >= 4 is 5.97 Å². The average Bonchev–Trinajstić information content (AvgIpc) is 2.73. The maximum atomic E-state index is 12.2. The molecule has 2 fully saturated rings. The third kappa shape index (κ3) is 7.35. The minimum Gasteiger partial charge on any atom is -0.492 e. The van der Waals surface area contributed by atoms with Crippen LogP contribution in [-0.2, 0) is 112 Å². The van der Waals surface area contributed by atoms with Crippen LogP contribution in [-0.4, -0.2) is 30.1 Å². The Kier molecular flexibility index (Phi) is 12.1. The maximum absolute atomic E-state index is 12.2. The minimum atomic E-state index is -0.564. The standard InChI is InChI=1S/C18H23O4.3Y/c1-13-9-15(21-16(19)14-7-5-4-6-8-14)11-18(10-13)12-20-17(2,3)22-18;;;/h4-9,13,15H,10-12H2,1-3H3;;;/q-1;;;/t13-,15-,18-;;;/m0.../s1. The van der Waals surface area contributed by atoms with Crippen LogP contribution >= 0.6 is 0 Å². The van der Waals surface area contributed by atoms with Crippen LogP contribution in [0.1, 0.15) is 44.0 Å². The molecular formula is C18H23O4Y3-. The molecule has 1 saturated heterocycles. The van der Waals surface area contributed by atoms with Gasteiger partial charge in [0.1, 0.15) is 0 Å². The van der Waals surface area contributed by atoms with E-state index >= 15 is 0 Å². The van der Waals surface area contributed by atoms with Crippen molar-refractivity contribution in [1.29, 1.82) is 0 Å². The summed E-state index contributed by atoms with van der Waals surface area (Å²) in [6, 6.07) is 9.08. The maximum Gasteiger partial charge on any atom is 0.335 e. The molecule has 4 nitrogen and oxygen atoms in total. The first-order chi connectivity index (χ1) is 10.4. The Balaban J connectivity index is 0.00000192. The molecule has 0 N–H and O–H groups in total. The summed E-state index contributed by atoms with van der Waals surface area (Å²) < 4.78 is 17.5. The van der Waals surface area contributed by atoms with Gasteiger partial charge in [-0.05, 0) is 44.9 Å². The zero-order valence-electron chi connectivity index (χ0n) is 15.1. The van der Waals surface area contributed by atoms with Crippen LogP contribution in [0, 0.1) is 12.3 Å². The Bertz CT molecular complexity index is 553. The molecule has 1 heterocycles. The molecule has 3 atom stereocenters. The van der Waals surface area contributed by atoms with Crippen LogP contribution in [0.2, 0.25) is 0 Å². The molecule has 7 heteroatoms. The normalized spacial score (nSPS) is 29.7. The number of benzene rings is 1. The van der Waals surface area contributed by atoms with Gasteiger partial charge in [-0.15, -0.1) is 0 Å². The van der Waals surface area contributed by atoms with Gasteiger partial charge in [-0.1, -0.05) is 25.1 Å². The van der Waals surface area contributed by atoms with E-state index in [0.717, 1.165) is 6.42 Å². The van der Waals surface area contributed by atoms with Crippen molar-refractivity contribution in [2.45, 2.75) is 51.1 Å². The molecular weight excluding hydrogens is 547 g/mol. The average molecular weight is 570 g/mol. The van der Waals surface area contributed by atoms with Crippen LogP contribution in [0.25, 0.3) is 0 Å². The zero-order chi connectivity index (χ0) is 15.8. The Morgan fingerprint density at radius 3 is 2.36 bits per heavy atom. The van der Waals surface area contributed by atoms with Gasteiger partial charge >= 0.3 is 5.97 Å². The quantitative estimate of drug-likeness (QED) is 0.405. The minimum absolute atomic E-state index is 0. The summed E-state index contributed by atoms with van der Waals surface area (Å²) >= 11 is 0. The van der Waals surface area contributed by atoms with Crippen LogP contribution in [0.3, 0.4) is 0 Å². The second kappa shape index (κ2) is 11.2. The molecule has 0 bridgehead atoms. The number of carbonyl (C=O) groups excluding carboxylic acids is 1. The summed E-state index contributed by atoms with van der Waals surface area (Å²) in [5, 5.41) is 0. The van der Waals surface area contributed by atoms with E-state index in [1.54, 1.807) is 12.1 Å². The van der Waals surface area contributed by atoms with Crippen LogP contribution in [0.15, 0.2) is 30.3 Å². The van der Waals surface area contributed by atoms with E-state index in [1.807, 2.05) is 32.0 Å². The Labute approximate surface area is 225 Å². The van der Waals surface area contributed by atoms with Crippen molar-refractivity contribution in [3.63, 3.8) is 0 Å². The van der Waals surface area contributed by atoms with Crippen molar-refractivity contribution in [2.75, 3.05) is 6.61 Å². The number of esters is 1. The first kappa shape index (κ1) is 26.9. The molecule has 3 radical (unpaired) electrons. The van der Waals surface area contributed by atoms with Gasteiger partial charge in [-0.2, -0.15) is 5.92 Å². The molecule has 0 amide bonds. The first-order valence-corrected chi connectivity index (χ1v) is 7.83. The second-order valence-electron chi connectivity index (χ2n) is 6.86. The summed E-state index contributed by atoms with van der Waals surface area (Å²) in [4.78, 5) is 12.2. The van der Waals surface area contributed by atoms with Crippen molar-refractivity contribution in [1.82, 2.24) is 0 Å². The molecule has 3 rings (SSSR count). The largest absolute Gasteiger partial charge is 0.492 e. The summed E-state index contributed by atoms with van der Waals surface area (Å²) in [5.41, 5.74) is 0.228. The Morgan fingerprint density at radius 1 is 1.16 bits per heavy atom. The van der Waals surface area contributed by atoms with Crippen molar-refractivity contribution in [3.8, 4) is 0 Å². The fraction of sp³-hybridized carbons (Fsp3) is 0.556. The molecule has 25 heavy (non-hydrogen) atoms. The Morgan fingerprint density at radius 2 is 1.80 bits per heavy atom. The van der Waals surface area contributed by atoms with E-state index in [1.165, 1.54) is 0 Å². The van der Waals surface area contributed by atoms with Gasteiger partial charge in [0, 0.05) is 98.1 Å². The number of ether oxygens (including phenoxy) is 3. The molecule has 2 aliphatic rings. The van der Waals surface area contributed by atoms with Gasteiger partial charge in [0.15, 0.2) is 5.79 Å². The molecule has 1 aromatic rings. The molecule has 1 saturated carbocycles. The topological polar surface area (TPSA) is 44.8 Å². The molecule has 129 valence electrons. The SMILES string of the molecule is C[C@H]1[CH-][C@H](OC(=O)c2ccccc2)C[C@]2(COC(C)(C)O2)C1.[Y].[Y].[Y]. The number of hydrogen-bond acceptors (Lipinski definition) is 4. The van der Waals surface area contributed by atoms with Crippen molar-refractivity contribution < 1.29 is 117 Å². The molecule has 1 spiro atoms. The van der Waals surface area contributed by atoms with Gasteiger partial charge in [-0.3, -0.25) is 6.42 Å². The van der Waals surface area contributed by atoms with Gasteiger partial charge in [0.2, 0.25) is 0 Å². The third-order valence-electron chi connectivity index (χ3n) is 4.22. The first-order valence-electron chi connectivity index (χ1n) is 7.83. The summed E-state index contributed by atoms with van der Waals surface area (Å²) in [6.45, 7) is 6.53. The van der Waals surface area contributed by atoms with E-state index in [4.69, 9.17) is 14.2 Å². The summed E-state index contributed by atoms with van der Waals surface area (Å²) in [6.07, 6.45) is 3.41. The summed E-state index contributed by atoms with van der Waals surface area (Å²) in [5.74, 6) is -0.533. The predicted octanol–water partition coefficient (Wildman–Crippen LogP) is 3.36. The fourth-order valence-corrected chi connectivity index (χ4v) is 3.49. The molecule has 1 aromatic carbocycles. The zero-order valence-corrected chi connectivity index (χ0v) is 23.6. The van der Waals surface area contributed by atoms with Gasteiger partial charge < -0.3 is 14.2 Å². The van der Waals surface area contributed by atoms with E-state index in [2.05, 4.69) is 13.3 Å². The Hall–Kier alpha value is 1.92. The number of hydrogen-bond donors (Lipinski definition) is 0. The number of rotatable bonds is 2. The molecule has 0 aromatic heterocycles. The smallest absolute Gasteiger partial charge is 0.335 e. The van der Waals surface area contributed by atoms with Crippen molar-refractivity contribution in [3.05, 3.63) is 42.3 Å². The molecule has 0 unspecified atom stereocenters. The second-order valence-corrected chi connectivity index (χ2v) is 6.86.